The van der Waals surface area contributed by atoms with Crippen LogP contribution >= 0.6 is 11.3 Å². The summed E-state index contributed by atoms with van der Waals surface area (Å²) in [6.45, 7) is 2.26. The summed E-state index contributed by atoms with van der Waals surface area (Å²) in [7, 11) is 0. The van der Waals surface area contributed by atoms with Gasteiger partial charge < -0.3 is 5.32 Å². The largest absolute Gasteiger partial charge is 0.353 e. The molecule has 1 aliphatic rings. The van der Waals surface area contributed by atoms with Crippen LogP contribution < -0.4 is 5.32 Å². The van der Waals surface area contributed by atoms with E-state index in [0.29, 0.717) is 18.4 Å². The predicted octanol–water partition coefficient (Wildman–Crippen LogP) is 3.77. The van der Waals surface area contributed by atoms with Gasteiger partial charge in [-0.25, -0.2) is 0 Å². The van der Waals surface area contributed by atoms with Gasteiger partial charge in [0.25, 0.3) is 0 Å². The normalized spacial score (nSPS) is 23.8. The Bertz CT molecular complexity index is 361. The third-order valence-corrected chi connectivity index (χ3v) is 4.80. The molecular weight excluding hydrogens is 242 g/mol. The molecule has 0 bridgehead atoms. The average Bonchev–Trinajstić information content (AvgIpc) is 2.85. The van der Waals surface area contributed by atoms with Crippen molar-refractivity contribution in [3.63, 3.8) is 0 Å². The summed E-state index contributed by atoms with van der Waals surface area (Å²) in [4.78, 5) is 13.3. The molecule has 18 heavy (non-hydrogen) atoms. The van der Waals surface area contributed by atoms with Gasteiger partial charge in [-0.05, 0) is 43.0 Å². The zero-order valence-electron chi connectivity index (χ0n) is 11.2. The van der Waals surface area contributed by atoms with E-state index in [2.05, 4.69) is 29.8 Å². The molecule has 0 spiro atoms. The van der Waals surface area contributed by atoms with Crippen LogP contribution in [0, 0.1) is 5.92 Å². The number of carbonyl (C=O) groups excluding carboxylic acids is 1. The molecule has 1 heterocycles. The molecule has 1 amide bonds. The van der Waals surface area contributed by atoms with Crippen LogP contribution in [0.4, 0.5) is 0 Å². The lowest BCUT2D eigenvalue weighted by atomic mass is 9.86. The zero-order chi connectivity index (χ0) is 12.8. The second-order valence-corrected chi connectivity index (χ2v) is 6.40. The SMILES string of the molecule is C[C@H]1CCCC[C@@H]1NC(=O)CCCc1cccs1. The number of carbonyl (C=O) groups is 1. The number of hydrogen-bond donors (Lipinski definition) is 1. The second kappa shape index (κ2) is 6.93. The fourth-order valence-electron chi connectivity index (χ4n) is 2.69. The lowest BCUT2D eigenvalue weighted by molar-refractivity contribution is -0.122. The maximum Gasteiger partial charge on any atom is 0.220 e. The van der Waals surface area contributed by atoms with Gasteiger partial charge in [0.15, 0.2) is 0 Å². The maximum atomic E-state index is 11.9. The van der Waals surface area contributed by atoms with Gasteiger partial charge in [-0.1, -0.05) is 25.8 Å². The van der Waals surface area contributed by atoms with Gasteiger partial charge >= 0.3 is 0 Å². The summed E-state index contributed by atoms with van der Waals surface area (Å²) in [6, 6.07) is 4.64. The van der Waals surface area contributed by atoms with E-state index >= 15 is 0 Å². The Kier molecular flexibility index (Phi) is 5.24. The van der Waals surface area contributed by atoms with Crippen molar-refractivity contribution in [3.05, 3.63) is 22.4 Å². The van der Waals surface area contributed by atoms with Crippen LogP contribution in [0.2, 0.25) is 0 Å². The molecular formula is C15H23NOS. The smallest absolute Gasteiger partial charge is 0.220 e. The van der Waals surface area contributed by atoms with Crippen LogP contribution in [0.25, 0.3) is 0 Å². The average molecular weight is 265 g/mol. The fraction of sp³-hybridized carbons (Fsp3) is 0.667. The lowest BCUT2D eigenvalue weighted by Gasteiger charge is -2.29. The minimum Gasteiger partial charge on any atom is -0.353 e. The first-order chi connectivity index (χ1) is 8.75. The molecule has 0 aromatic carbocycles. The Morgan fingerprint density at radius 2 is 2.28 bits per heavy atom. The molecule has 1 N–H and O–H groups in total. The maximum absolute atomic E-state index is 11.9. The van der Waals surface area contributed by atoms with E-state index in [0.717, 1.165) is 19.3 Å². The van der Waals surface area contributed by atoms with Gasteiger partial charge in [-0.3, -0.25) is 4.79 Å². The van der Waals surface area contributed by atoms with E-state index in [1.54, 1.807) is 11.3 Å². The highest BCUT2D eigenvalue weighted by Gasteiger charge is 2.22. The molecule has 1 saturated carbocycles. The number of hydrogen-bond acceptors (Lipinski definition) is 2. The van der Waals surface area contributed by atoms with Crippen molar-refractivity contribution in [2.24, 2.45) is 5.92 Å². The first kappa shape index (κ1) is 13.6. The molecule has 0 radical (unpaired) electrons. The van der Waals surface area contributed by atoms with Crippen LogP contribution in [0.15, 0.2) is 17.5 Å². The van der Waals surface area contributed by atoms with E-state index in [1.165, 1.54) is 24.1 Å². The predicted molar refractivity (Wildman–Crippen MR) is 76.8 cm³/mol. The van der Waals surface area contributed by atoms with Gasteiger partial charge in [0.2, 0.25) is 5.91 Å². The molecule has 1 fully saturated rings. The van der Waals surface area contributed by atoms with Gasteiger partial charge in [0.05, 0.1) is 0 Å². The van der Waals surface area contributed by atoms with Crippen LogP contribution in [0.5, 0.6) is 0 Å². The highest BCUT2D eigenvalue weighted by Crippen LogP contribution is 2.23. The molecule has 0 aliphatic heterocycles. The summed E-state index contributed by atoms with van der Waals surface area (Å²) in [6.07, 6.45) is 7.69. The van der Waals surface area contributed by atoms with Crippen LogP contribution in [0.1, 0.15) is 50.3 Å². The lowest BCUT2D eigenvalue weighted by Crippen LogP contribution is -2.40. The van der Waals surface area contributed by atoms with Crippen molar-refractivity contribution in [2.45, 2.75) is 57.9 Å². The third-order valence-electron chi connectivity index (χ3n) is 3.86. The summed E-state index contributed by atoms with van der Waals surface area (Å²) in [5.74, 6) is 0.894. The van der Waals surface area contributed by atoms with Crippen molar-refractivity contribution < 1.29 is 4.79 Å². The van der Waals surface area contributed by atoms with E-state index < -0.39 is 0 Å². The van der Waals surface area contributed by atoms with Crippen LogP contribution in [0.3, 0.4) is 0 Å². The highest BCUT2D eigenvalue weighted by atomic mass is 32.1. The van der Waals surface area contributed by atoms with E-state index in [9.17, 15) is 4.79 Å². The molecule has 0 saturated heterocycles. The van der Waals surface area contributed by atoms with Gasteiger partial charge in [0.1, 0.15) is 0 Å². The first-order valence-electron chi connectivity index (χ1n) is 7.07. The first-order valence-corrected chi connectivity index (χ1v) is 7.95. The fourth-order valence-corrected chi connectivity index (χ4v) is 3.44. The van der Waals surface area contributed by atoms with Crippen molar-refractivity contribution in [3.8, 4) is 0 Å². The summed E-state index contributed by atoms with van der Waals surface area (Å²) < 4.78 is 0. The van der Waals surface area contributed by atoms with Crippen molar-refractivity contribution in [1.29, 1.82) is 0 Å². The number of thiophene rings is 1. The molecule has 1 aromatic rings. The zero-order valence-corrected chi connectivity index (χ0v) is 12.0. The van der Waals surface area contributed by atoms with Gasteiger partial charge in [-0.15, -0.1) is 11.3 Å². The Hall–Kier alpha value is -0.830. The Morgan fingerprint density at radius 3 is 3.00 bits per heavy atom. The summed E-state index contributed by atoms with van der Waals surface area (Å²) in [5, 5.41) is 5.31. The summed E-state index contributed by atoms with van der Waals surface area (Å²) in [5.41, 5.74) is 0. The standard InChI is InChI=1S/C15H23NOS/c1-12-6-2-3-9-14(12)16-15(17)10-4-7-13-8-5-11-18-13/h5,8,11-12,14H,2-4,6-7,9-10H2,1H3,(H,16,17)/t12-,14-/m0/s1. The quantitative estimate of drug-likeness (QED) is 0.863. The molecule has 1 aliphatic carbocycles. The summed E-state index contributed by atoms with van der Waals surface area (Å²) >= 11 is 1.78. The van der Waals surface area contributed by atoms with Crippen LogP contribution in [-0.2, 0) is 11.2 Å². The van der Waals surface area contributed by atoms with E-state index in [1.807, 2.05) is 0 Å². The minimum absolute atomic E-state index is 0.241. The van der Waals surface area contributed by atoms with Crippen molar-refractivity contribution >= 4 is 17.2 Å². The Labute approximate surface area is 114 Å². The number of amides is 1. The molecule has 3 heteroatoms. The topological polar surface area (TPSA) is 29.1 Å². The highest BCUT2D eigenvalue weighted by molar-refractivity contribution is 7.09. The van der Waals surface area contributed by atoms with Crippen molar-refractivity contribution in [2.75, 3.05) is 0 Å². The monoisotopic (exact) mass is 265 g/mol. The molecule has 0 unspecified atom stereocenters. The second-order valence-electron chi connectivity index (χ2n) is 5.37. The molecule has 1 aromatic heterocycles. The third kappa shape index (κ3) is 4.13. The van der Waals surface area contributed by atoms with E-state index in [4.69, 9.17) is 0 Å². The minimum atomic E-state index is 0.241. The Morgan fingerprint density at radius 1 is 1.44 bits per heavy atom. The molecule has 2 atom stereocenters. The van der Waals surface area contributed by atoms with Crippen molar-refractivity contribution in [1.82, 2.24) is 5.32 Å². The Balaban J connectivity index is 1.65. The molecule has 100 valence electrons. The number of rotatable bonds is 5. The van der Waals surface area contributed by atoms with Gasteiger partial charge in [-0.2, -0.15) is 0 Å². The molecule has 2 rings (SSSR count). The number of nitrogens with one attached hydrogen (secondary N) is 1. The van der Waals surface area contributed by atoms with Crippen LogP contribution in [-0.4, -0.2) is 11.9 Å². The van der Waals surface area contributed by atoms with E-state index in [-0.39, 0.29) is 5.91 Å². The molecule has 2 nitrogen and oxygen atoms in total. The van der Waals surface area contributed by atoms with Gasteiger partial charge in [0, 0.05) is 17.3 Å². The number of aryl methyl sites for hydroxylation is 1.